The van der Waals surface area contributed by atoms with Crippen LogP contribution in [0.15, 0.2) is 18.2 Å². The molecular formula is C15H20O5. The van der Waals surface area contributed by atoms with Crippen LogP contribution < -0.4 is 4.74 Å². The van der Waals surface area contributed by atoms with Gasteiger partial charge in [0.05, 0.1) is 26.4 Å². The lowest BCUT2D eigenvalue weighted by atomic mass is 9.84. The van der Waals surface area contributed by atoms with E-state index in [0.29, 0.717) is 11.3 Å². The summed E-state index contributed by atoms with van der Waals surface area (Å²) in [4.78, 5) is 12.3. The van der Waals surface area contributed by atoms with Crippen molar-refractivity contribution in [2.24, 2.45) is 0 Å². The molecular weight excluding hydrogens is 260 g/mol. The van der Waals surface area contributed by atoms with Gasteiger partial charge in [0.2, 0.25) is 0 Å². The molecule has 2 rings (SSSR count). The van der Waals surface area contributed by atoms with Gasteiger partial charge in [-0.2, -0.15) is 0 Å². The van der Waals surface area contributed by atoms with Crippen LogP contribution in [0.3, 0.4) is 0 Å². The number of methoxy groups -OCH3 is 2. The molecule has 110 valence electrons. The summed E-state index contributed by atoms with van der Waals surface area (Å²) in [6.45, 7) is 3.63. The van der Waals surface area contributed by atoms with E-state index in [0.717, 1.165) is 5.56 Å². The first-order valence-corrected chi connectivity index (χ1v) is 6.44. The Morgan fingerprint density at radius 1 is 1.40 bits per heavy atom. The second-order valence-corrected chi connectivity index (χ2v) is 5.48. The minimum atomic E-state index is -1.32. The number of carbonyl (C=O) groups is 1. The number of benzene rings is 1. The van der Waals surface area contributed by atoms with Crippen LogP contribution in [-0.2, 0) is 19.9 Å². The minimum absolute atomic E-state index is 0.0686. The first-order valence-electron chi connectivity index (χ1n) is 6.44. The molecule has 0 amide bonds. The van der Waals surface area contributed by atoms with Crippen molar-refractivity contribution in [1.82, 2.24) is 0 Å². The summed E-state index contributed by atoms with van der Waals surface area (Å²) >= 11 is 0. The highest BCUT2D eigenvalue weighted by Crippen LogP contribution is 2.45. The highest BCUT2D eigenvalue weighted by molar-refractivity contribution is 5.83. The maximum Gasteiger partial charge on any atom is 0.343 e. The molecule has 1 aliphatic heterocycles. The number of hydrogen-bond acceptors (Lipinski definition) is 5. The Hall–Kier alpha value is -1.59. The van der Waals surface area contributed by atoms with Crippen LogP contribution in [0.5, 0.6) is 5.75 Å². The molecule has 5 nitrogen and oxygen atoms in total. The van der Waals surface area contributed by atoms with Crippen LogP contribution in [-0.4, -0.2) is 37.5 Å². The third kappa shape index (κ3) is 2.39. The molecule has 2 atom stereocenters. The average molecular weight is 280 g/mol. The largest absolute Gasteiger partial charge is 0.496 e. The van der Waals surface area contributed by atoms with E-state index in [1.54, 1.807) is 13.0 Å². The quantitative estimate of drug-likeness (QED) is 0.851. The van der Waals surface area contributed by atoms with E-state index in [4.69, 9.17) is 14.2 Å². The summed E-state index contributed by atoms with van der Waals surface area (Å²) in [6.07, 6.45) is 0.131. The Kier molecular flexibility index (Phi) is 3.75. The molecule has 1 aliphatic rings. The zero-order valence-electron chi connectivity index (χ0n) is 12.2. The van der Waals surface area contributed by atoms with Crippen molar-refractivity contribution in [3.8, 4) is 5.75 Å². The number of aliphatic hydroxyl groups is 1. The minimum Gasteiger partial charge on any atom is -0.496 e. The lowest BCUT2D eigenvalue weighted by Gasteiger charge is -2.28. The van der Waals surface area contributed by atoms with Crippen LogP contribution in [0.2, 0.25) is 0 Å². The number of esters is 1. The van der Waals surface area contributed by atoms with Gasteiger partial charge < -0.3 is 19.3 Å². The zero-order valence-corrected chi connectivity index (χ0v) is 12.2. The van der Waals surface area contributed by atoms with Gasteiger partial charge in [0.15, 0.2) is 5.60 Å². The summed E-state index contributed by atoms with van der Waals surface area (Å²) in [5, 5.41) is 10.2. The molecule has 1 N–H and O–H groups in total. The molecule has 20 heavy (non-hydrogen) atoms. The molecule has 1 fully saturated rings. The third-order valence-corrected chi connectivity index (χ3v) is 3.56. The fourth-order valence-electron chi connectivity index (χ4n) is 2.63. The third-order valence-electron chi connectivity index (χ3n) is 3.56. The molecule has 0 saturated carbocycles. The van der Waals surface area contributed by atoms with Gasteiger partial charge in [0.25, 0.3) is 0 Å². The van der Waals surface area contributed by atoms with Crippen LogP contribution in [0.4, 0.5) is 0 Å². The normalized spacial score (nSPS) is 29.2. The lowest BCUT2D eigenvalue weighted by molar-refractivity contribution is -0.165. The Morgan fingerprint density at radius 2 is 2.10 bits per heavy atom. The van der Waals surface area contributed by atoms with Gasteiger partial charge in [-0.05, 0) is 26.0 Å². The summed E-state index contributed by atoms with van der Waals surface area (Å²) in [5.74, 6) is 0.0119. The van der Waals surface area contributed by atoms with Crippen molar-refractivity contribution >= 4 is 5.97 Å². The second kappa shape index (κ2) is 5.07. The van der Waals surface area contributed by atoms with Crippen LogP contribution in [0.25, 0.3) is 0 Å². The van der Waals surface area contributed by atoms with E-state index in [9.17, 15) is 9.90 Å². The Bertz CT molecular complexity index is 523. The van der Waals surface area contributed by atoms with Gasteiger partial charge in [0, 0.05) is 12.0 Å². The van der Waals surface area contributed by atoms with E-state index in [2.05, 4.69) is 0 Å². The maximum absolute atomic E-state index is 12.3. The summed E-state index contributed by atoms with van der Waals surface area (Å²) in [6, 6.07) is 5.50. The van der Waals surface area contributed by atoms with Crippen LogP contribution in [0, 0.1) is 6.92 Å². The second-order valence-electron chi connectivity index (χ2n) is 5.48. The smallest absolute Gasteiger partial charge is 0.343 e. The van der Waals surface area contributed by atoms with E-state index in [1.165, 1.54) is 14.2 Å². The first kappa shape index (κ1) is 14.8. The van der Waals surface area contributed by atoms with Crippen molar-refractivity contribution in [2.45, 2.75) is 31.5 Å². The molecule has 0 radical (unpaired) electrons. The molecule has 2 unspecified atom stereocenters. The first-order chi connectivity index (χ1) is 9.34. The zero-order chi connectivity index (χ0) is 15.0. The van der Waals surface area contributed by atoms with Crippen LogP contribution in [0.1, 0.15) is 24.5 Å². The van der Waals surface area contributed by atoms with Gasteiger partial charge in [-0.15, -0.1) is 0 Å². The van der Waals surface area contributed by atoms with E-state index in [1.807, 2.05) is 19.1 Å². The molecule has 1 saturated heterocycles. The fraction of sp³-hybridized carbons (Fsp3) is 0.533. The molecule has 1 heterocycles. The predicted molar refractivity (Wildman–Crippen MR) is 72.6 cm³/mol. The Labute approximate surface area is 118 Å². The molecule has 0 aromatic heterocycles. The van der Waals surface area contributed by atoms with Gasteiger partial charge in [0.1, 0.15) is 5.75 Å². The van der Waals surface area contributed by atoms with E-state index in [-0.39, 0.29) is 13.0 Å². The molecule has 1 aromatic rings. The SMILES string of the molecule is COC(=O)C1(c2cc(C)ccc2OC)CC(C)(O)CO1. The lowest BCUT2D eigenvalue weighted by Crippen LogP contribution is -2.38. The average Bonchev–Trinajstić information content (AvgIpc) is 2.75. The summed E-state index contributed by atoms with van der Waals surface area (Å²) in [5.41, 5.74) is -0.845. The Balaban J connectivity index is 2.59. The predicted octanol–water partition coefficient (Wildman–Crippen LogP) is 1.54. The number of aryl methyl sites for hydroxylation is 1. The molecule has 0 aliphatic carbocycles. The summed E-state index contributed by atoms with van der Waals surface area (Å²) < 4.78 is 15.9. The van der Waals surface area contributed by atoms with Crippen molar-refractivity contribution in [3.05, 3.63) is 29.3 Å². The molecule has 0 bridgehead atoms. The highest BCUT2D eigenvalue weighted by atomic mass is 16.6. The summed E-state index contributed by atoms with van der Waals surface area (Å²) in [7, 11) is 2.84. The van der Waals surface area contributed by atoms with E-state index >= 15 is 0 Å². The van der Waals surface area contributed by atoms with Gasteiger partial charge in [-0.3, -0.25) is 0 Å². The standard InChI is InChI=1S/C15H20O5/c1-10-5-6-12(18-3)11(7-10)15(13(16)19-4)8-14(2,17)9-20-15/h5-7,17H,8-9H2,1-4H3. The molecule has 5 heteroatoms. The highest BCUT2D eigenvalue weighted by Gasteiger charge is 2.55. The topological polar surface area (TPSA) is 65.0 Å². The van der Waals surface area contributed by atoms with E-state index < -0.39 is 17.2 Å². The van der Waals surface area contributed by atoms with Gasteiger partial charge in [-0.25, -0.2) is 4.79 Å². The number of rotatable bonds is 3. The van der Waals surface area contributed by atoms with Crippen molar-refractivity contribution < 1.29 is 24.1 Å². The molecule has 1 aromatic carbocycles. The number of hydrogen-bond donors (Lipinski definition) is 1. The monoisotopic (exact) mass is 280 g/mol. The van der Waals surface area contributed by atoms with Crippen molar-refractivity contribution in [2.75, 3.05) is 20.8 Å². The maximum atomic E-state index is 12.3. The van der Waals surface area contributed by atoms with Crippen molar-refractivity contribution in [1.29, 1.82) is 0 Å². The number of carbonyl (C=O) groups excluding carboxylic acids is 1. The van der Waals surface area contributed by atoms with Crippen molar-refractivity contribution in [3.63, 3.8) is 0 Å². The fourth-order valence-corrected chi connectivity index (χ4v) is 2.63. The van der Waals surface area contributed by atoms with Crippen LogP contribution >= 0.6 is 0 Å². The van der Waals surface area contributed by atoms with Gasteiger partial charge in [-0.1, -0.05) is 11.6 Å². The Morgan fingerprint density at radius 3 is 2.60 bits per heavy atom. The van der Waals surface area contributed by atoms with Gasteiger partial charge >= 0.3 is 5.97 Å². The number of ether oxygens (including phenoxy) is 3. The molecule has 0 spiro atoms.